The maximum atomic E-state index is 4.89. The number of hydrogen-bond donors (Lipinski definition) is 0. The van der Waals surface area contributed by atoms with Crippen LogP contribution in [0, 0.1) is 0 Å². The summed E-state index contributed by atoms with van der Waals surface area (Å²) in [7, 11) is 0. The standard InChI is InChI=1S/C46H32N2/c1-4-13-33(14-5-1)42-30-43(34-15-6-2-7-16-34)32-44(31-42)40-23-11-21-38(28-40)36-19-10-20-37(27-36)39-22-12-24-41(29-39)45-25-26-47-46(48-45)35-17-8-3-9-18-35/h1-32H. The summed E-state index contributed by atoms with van der Waals surface area (Å²) in [6.07, 6.45) is 1.84. The third-order valence-corrected chi connectivity index (χ3v) is 8.72. The van der Waals surface area contributed by atoms with Crippen molar-refractivity contribution in [2.75, 3.05) is 0 Å². The zero-order chi connectivity index (χ0) is 32.1. The number of nitrogens with zero attached hydrogens (tertiary/aromatic N) is 2. The number of hydrogen-bond acceptors (Lipinski definition) is 2. The molecule has 0 N–H and O–H groups in total. The first-order valence-corrected chi connectivity index (χ1v) is 16.2. The molecule has 0 saturated heterocycles. The lowest BCUT2D eigenvalue weighted by Crippen LogP contribution is -1.91. The van der Waals surface area contributed by atoms with Crippen molar-refractivity contribution in [3.05, 3.63) is 194 Å². The van der Waals surface area contributed by atoms with E-state index in [1.54, 1.807) is 0 Å². The first kappa shape index (κ1) is 29.1. The molecule has 0 bridgehead atoms. The van der Waals surface area contributed by atoms with Crippen molar-refractivity contribution in [2.24, 2.45) is 0 Å². The maximum absolute atomic E-state index is 4.89. The average Bonchev–Trinajstić information content (AvgIpc) is 3.19. The zero-order valence-electron chi connectivity index (χ0n) is 26.4. The Morgan fingerprint density at radius 1 is 0.250 bits per heavy atom. The molecule has 226 valence electrons. The molecular formula is C46H32N2. The Hall–Kier alpha value is -6.38. The molecule has 0 spiro atoms. The topological polar surface area (TPSA) is 25.8 Å². The van der Waals surface area contributed by atoms with Crippen LogP contribution in [-0.2, 0) is 0 Å². The van der Waals surface area contributed by atoms with Gasteiger partial charge in [-0.2, -0.15) is 0 Å². The van der Waals surface area contributed by atoms with Gasteiger partial charge in [-0.05, 0) is 98.1 Å². The smallest absolute Gasteiger partial charge is 0.159 e. The Labute approximate surface area is 281 Å². The first-order valence-electron chi connectivity index (χ1n) is 16.2. The predicted octanol–water partition coefficient (Wildman–Crippen LogP) is 12.1. The lowest BCUT2D eigenvalue weighted by Gasteiger charge is -2.13. The Kier molecular flexibility index (Phi) is 7.96. The Bertz CT molecular complexity index is 2270. The van der Waals surface area contributed by atoms with Gasteiger partial charge in [-0.15, -0.1) is 0 Å². The van der Waals surface area contributed by atoms with Crippen LogP contribution >= 0.6 is 0 Å². The Balaban J connectivity index is 1.14. The van der Waals surface area contributed by atoms with Crippen molar-refractivity contribution in [1.82, 2.24) is 9.97 Å². The zero-order valence-corrected chi connectivity index (χ0v) is 26.4. The summed E-state index contributed by atoms with van der Waals surface area (Å²) in [6, 6.07) is 66.5. The van der Waals surface area contributed by atoms with Crippen LogP contribution in [0.5, 0.6) is 0 Å². The van der Waals surface area contributed by atoms with Gasteiger partial charge in [0.25, 0.3) is 0 Å². The second kappa shape index (κ2) is 13.2. The fraction of sp³-hybridized carbons (Fsp3) is 0. The molecule has 8 rings (SSSR count). The van der Waals surface area contributed by atoms with Crippen LogP contribution in [0.3, 0.4) is 0 Å². The summed E-state index contributed by atoms with van der Waals surface area (Å²) in [4.78, 5) is 9.41. The third kappa shape index (κ3) is 6.20. The van der Waals surface area contributed by atoms with Gasteiger partial charge in [0.15, 0.2) is 5.82 Å². The van der Waals surface area contributed by atoms with Gasteiger partial charge in [-0.25, -0.2) is 9.97 Å². The molecule has 0 amide bonds. The summed E-state index contributed by atoms with van der Waals surface area (Å²) in [5.41, 5.74) is 14.9. The molecule has 0 atom stereocenters. The summed E-state index contributed by atoms with van der Waals surface area (Å²) < 4.78 is 0. The van der Waals surface area contributed by atoms with E-state index in [1.807, 2.05) is 42.6 Å². The summed E-state index contributed by atoms with van der Waals surface area (Å²) >= 11 is 0. The molecule has 0 radical (unpaired) electrons. The Morgan fingerprint density at radius 3 is 1.06 bits per heavy atom. The summed E-state index contributed by atoms with van der Waals surface area (Å²) in [6.45, 7) is 0. The van der Waals surface area contributed by atoms with Crippen LogP contribution in [0.4, 0.5) is 0 Å². The molecule has 2 heteroatoms. The van der Waals surface area contributed by atoms with Gasteiger partial charge in [0, 0.05) is 17.3 Å². The number of rotatable bonds is 7. The monoisotopic (exact) mass is 612 g/mol. The molecule has 0 aliphatic heterocycles. The van der Waals surface area contributed by atoms with Gasteiger partial charge in [-0.3, -0.25) is 0 Å². The largest absolute Gasteiger partial charge is 0.237 e. The highest BCUT2D eigenvalue weighted by atomic mass is 14.9. The van der Waals surface area contributed by atoms with E-state index in [0.29, 0.717) is 0 Å². The first-order chi connectivity index (χ1) is 23.8. The molecule has 0 aliphatic rings. The molecule has 48 heavy (non-hydrogen) atoms. The van der Waals surface area contributed by atoms with Crippen molar-refractivity contribution in [3.8, 4) is 78.3 Å². The van der Waals surface area contributed by atoms with E-state index in [0.717, 1.165) is 33.8 Å². The van der Waals surface area contributed by atoms with E-state index in [2.05, 4.69) is 157 Å². The maximum Gasteiger partial charge on any atom is 0.159 e. The van der Waals surface area contributed by atoms with Gasteiger partial charge in [0.05, 0.1) is 5.69 Å². The van der Waals surface area contributed by atoms with E-state index in [9.17, 15) is 0 Å². The van der Waals surface area contributed by atoms with Crippen LogP contribution in [0.1, 0.15) is 0 Å². The second-order valence-electron chi connectivity index (χ2n) is 11.9. The van der Waals surface area contributed by atoms with Gasteiger partial charge in [0.1, 0.15) is 0 Å². The van der Waals surface area contributed by atoms with Crippen LogP contribution < -0.4 is 0 Å². The molecule has 1 heterocycles. The predicted molar refractivity (Wildman–Crippen MR) is 200 cm³/mol. The lowest BCUT2D eigenvalue weighted by molar-refractivity contribution is 1.18. The van der Waals surface area contributed by atoms with Crippen molar-refractivity contribution in [3.63, 3.8) is 0 Å². The van der Waals surface area contributed by atoms with Crippen molar-refractivity contribution >= 4 is 0 Å². The fourth-order valence-corrected chi connectivity index (χ4v) is 6.25. The Morgan fingerprint density at radius 2 is 0.583 bits per heavy atom. The highest BCUT2D eigenvalue weighted by Gasteiger charge is 2.10. The molecule has 0 unspecified atom stereocenters. The molecule has 2 nitrogen and oxygen atoms in total. The number of aromatic nitrogens is 2. The normalized spacial score (nSPS) is 10.9. The van der Waals surface area contributed by atoms with Gasteiger partial charge >= 0.3 is 0 Å². The van der Waals surface area contributed by atoms with E-state index in [1.165, 1.54) is 44.5 Å². The SMILES string of the molecule is c1ccc(-c2cc(-c3ccccc3)cc(-c3cccc(-c4cccc(-c5cccc(-c6ccnc(-c7ccccc7)n6)c5)c4)c3)c2)cc1. The van der Waals surface area contributed by atoms with Crippen molar-refractivity contribution in [2.45, 2.75) is 0 Å². The minimum Gasteiger partial charge on any atom is -0.237 e. The molecule has 7 aromatic carbocycles. The van der Waals surface area contributed by atoms with E-state index < -0.39 is 0 Å². The van der Waals surface area contributed by atoms with Crippen LogP contribution in [0.2, 0.25) is 0 Å². The average molecular weight is 613 g/mol. The van der Waals surface area contributed by atoms with E-state index in [4.69, 9.17) is 4.98 Å². The highest BCUT2D eigenvalue weighted by Crippen LogP contribution is 2.35. The second-order valence-corrected chi connectivity index (χ2v) is 11.9. The molecule has 0 aliphatic carbocycles. The van der Waals surface area contributed by atoms with Crippen LogP contribution in [0.25, 0.3) is 78.3 Å². The van der Waals surface area contributed by atoms with Gasteiger partial charge in [0.2, 0.25) is 0 Å². The van der Waals surface area contributed by atoms with E-state index >= 15 is 0 Å². The van der Waals surface area contributed by atoms with Crippen LogP contribution in [0.15, 0.2) is 194 Å². The summed E-state index contributed by atoms with van der Waals surface area (Å²) in [5, 5.41) is 0. The van der Waals surface area contributed by atoms with Crippen molar-refractivity contribution < 1.29 is 0 Å². The third-order valence-electron chi connectivity index (χ3n) is 8.72. The minimum atomic E-state index is 0.727. The lowest BCUT2D eigenvalue weighted by atomic mass is 9.91. The molecule has 0 fully saturated rings. The molecule has 1 aromatic heterocycles. The van der Waals surface area contributed by atoms with E-state index in [-0.39, 0.29) is 0 Å². The quantitative estimate of drug-likeness (QED) is 0.179. The molecule has 8 aromatic rings. The minimum absolute atomic E-state index is 0.727. The fourth-order valence-electron chi connectivity index (χ4n) is 6.25. The summed E-state index contributed by atoms with van der Waals surface area (Å²) in [5.74, 6) is 0.727. The van der Waals surface area contributed by atoms with Gasteiger partial charge < -0.3 is 0 Å². The van der Waals surface area contributed by atoms with Crippen LogP contribution in [-0.4, -0.2) is 9.97 Å². The molecule has 0 saturated carbocycles. The molecular weight excluding hydrogens is 581 g/mol. The van der Waals surface area contributed by atoms with Crippen molar-refractivity contribution in [1.29, 1.82) is 0 Å². The number of benzene rings is 7. The van der Waals surface area contributed by atoms with Gasteiger partial charge in [-0.1, -0.05) is 146 Å². The highest BCUT2D eigenvalue weighted by molar-refractivity contribution is 5.84.